The molecule has 94 valence electrons. The molecule has 1 aliphatic rings. The number of aliphatic imine (C=N–C) groups is 1. The number of anilines is 1. The maximum absolute atomic E-state index is 4.59. The summed E-state index contributed by atoms with van der Waals surface area (Å²) in [5.41, 5.74) is 5.16. The van der Waals surface area contributed by atoms with Crippen molar-refractivity contribution in [3.8, 4) is 0 Å². The van der Waals surface area contributed by atoms with Crippen LogP contribution >= 0.6 is 23.7 Å². The van der Waals surface area contributed by atoms with Gasteiger partial charge in [-0.15, -0.1) is 23.7 Å². The quantitative estimate of drug-likeness (QED) is 0.825. The molecule has 0 fully saturated rings. The summed E-state index contributed by atoms with van der Waals surface area (Å²) in [5, 5.41) is 5.41. The number of hydrogen-bond donors (Lipinski definition) is 1. The monoisotopic (exact) mass is 278 g/mol. The molecule has 1 unspecified atom stereocenters. The molecule has 0 radical (unpaired) electrons. The van der Waals surface area contributed by atoms with Crippen molar-refractivity contribution in [3.05, 3.63) is 51.2 Å². The van der Waals surface area contributed by atoms with Crippen molar-refractivity contribution in [2.24, 2.45) is 4.99 Å². The van der Waals surface area contributed by atoms with Crippen LogP contribution in [0.5, 0.6) is 0 Å². The van der Waals surface area contributed by atoms with Gasteiger partial charge in [-0.05, 0) is 36.4 Å². The van der Waals surface area contributed by atoms with Gasteiger partial charge in [-0.1, -0.05) is 18.2 Å². The van der Waals surface area contributed by atoms with Gasteiger partial charge in [0.15, 0.2) is 0 Å². The van der Waals surface area contributed by atoms with Crippen molar-refractivity contribution in [2.75, 3.05) is 5.32 Å². The van der Waals surface area contributed by atoms with Gasteiger partial charge in [0.25, 0.3) is 0 Å². The third-order valence-corrected chi connectivity index (χ3v) is 4.53. The van der Waals surface area contributed by atoms with E-state index in [4.69, 9.17) is 0 Å². The molecule has 2 aromatic rings. The molecule has 0 aliphatic carbocycles. The molecule has 1 aromatic heterocycles. The van der Waals surface area contributed by atoms with Gasteiger partial charge in [0.05, 0.1) is 6.34 Å². The molecule has 0 amide bonds. The maximum Gasteiger partial charge on any atom is 0.113 e. The smallest absolute Gasteiger partial charge is 0.113 e. The van der Waals surface area contributed by atoms with Crippen molar-refractivity contribution in [1.82, 2.24) is 0 Å². The molecule has 1 aliphatic heterocycles. The summed E-state index contributed by atoms with van der Waals surface area (Å²) in [6, 6.07) is 8.53. The van der Waals surface area contributed by atoms with Crippen LogP contribution in [0.25, 0.3) is 0 Å². The molecule has 1 N–H and O–H groups in total. The lowest BCUT2D eigenvalue weighted by atomic mass is 9.99. The molecule has 1 atom stereocenters. The van der Waals surface area contributed by atoms with Crippen molar-refractivity contribution >= 4 is 35.8 Å². The number of para-hydroxylation sites is 1. The van der Waals surface area contributed by atoms with E-state index in [-0.39, 0.29) is 18.4 Å². The Bertz CT molecular complexity index is 589. The van der Waals surface area contributed by atoms with Gasteiger partial charge in [-0.2, -0.15) is 0 Å². The largest absolute Gasteiger partial charge is 0.346 e. The Morgan fingerprint density at radius 3 is 2.72 bits per heavy atom. The first-order valence-electron chi connectivity index (χ1n) is 5.69. The highest BCUT2D eigenvalue weighted by molar-refractivity contribution is 7.10. The first kappa shape index (κ1) is 13.1. The molecule has 0 spiro atoms. The average molecular weight is 279 g/mol. The molecule has 2 nitrogen and oxygen atoms in total. The zero-order chi connectivity index (χ0) is 11.8. The molecular weight excluding hydrogens is 264 g/mol. The summed E-state index contributed by atoms with van der Waals surface area (Å²) in [6.07, 6.45) is 1.81. The van der Waals surface area contributed by atoms with Crippen LogP contribution in [0.15, 0.2) is 34.6 Å². The highest BCUT2D eigenvalue weighted by Gasteiger charge is 2.22. The number of rotatable bonds is 1. The molecule has 3 rings (SSSR count). The lowest BCUT2D eigenvalue weighted by molar-refractivity contribution is 0.882. The SMILES string of the molecule is Cc1csc(C2N=CNc3ccccc32)c1C.Cl. The van der Waals surface area contributed by atoms with Crippen molar-refractivity contribution in [2.45, 2.75) is 19.9 Å². The number of aryl methyl sites for hydroxylation is 1. The normalized spacial score (nSPS) is 16.7. The fraction of sp³-hybridized carbons (Fsp3) is 0.214. The Labute approximate surface area is 117 Å². The molecule has 4 heteroatoms. The predicted molar refractivity (Wildman–Crippen MR) is 81.4 cm³/mol. The molecule has 0 saturated carbocycles. The van der Waals surface area contributed by atoms with Crippen LogP contribution in [0.3, 0.4) is 0 Å². The second kappa shape index (κ2) is 5.12. The summed E-state index contributed by atoms with van der Waals surface area (Å²) >= 11 is 1.80. The summed E-state index contributed by atoms with van der Waals surface area (Å²) < 4.78 is 0. The standard InChI is InChI=1S/C14H14N2S.ClH/c1-9-7-17-14(10(9)2)13-11-5-3-4-6-12(11)15-8-16-13;/h3-8,13H,1-2H3,(H,15,16);1H. The fourth-order valence-corrected chi connectivity index (χ4v) is 3.26. The van der Waals surface area contributed by atoms with E-state index in [1.54, 1.807) is 11.3 Å². The minimum Gasteiger partial charge on any atom is -0.346 e. The Kier molecular flexibility index (Phi) is 3.73. The van der Waals surface area contributed by atoms with E-state index >= 15 is 0 Å². The maximum atomic E-state index is 4.59. The van der Waals surface area contributed by atoms with E-state index in [1.165, 1.54) is 21.6 Å². The van der Waals surface area contributed by atoms with Gasteiger partial charge in [-0.3, -0.25) is 4.99 Å². The van der Waals surface area contributed by atoms with Crippen molar-refractivity contribution in [1.29, 1.82) is 0 Å². The predicted octanol–water partition coefficient (Wildman–Crippen LogP) is 4.33. The topological polar surface area (TPSA) is 24.4 Å². The van der Waals surface area contributed by atoms with Crippen LogP contribution in [-0.2, 0) is 0 Å². The Hall–Kier alpha value is -1.32. The highest BCUT2D eigenvalue weighted by atomic mass is 35.5. The van der Waals surface area contributed by atoms with Crippen molar-refractivity contribution in [3.63, 3.8) is 0 Å². The first-order chi connectivity index (χ1) is 8.27. The number of nitrogens with one attached hydrogen (secondary N) is 1. The molecule has 1 aromatic carbocycles. The molecular formula is C14H15ClN2S. The number of hydrogen-bond acceptors (Lipinski definition) is 3. The number of fused-ring (bicyclic) bond motifs is 1. The number of thiophene rings is 1. The van der Waals surface area contributed by atoms with Gasteiger partial charge < -0.3 is 5.32 Å². The third kappa shape index (κ3) is 2.04. The van der Waals surface area contributed by atoms with Crippen LogP contribution in [0.1, 0.15) is 27.6 Å². The number of benzene rings is 1. The second-order valence-electron chi connectivity index (χ2n) is 4.32. The van der Waals surface area contributed by atoms with Gasteiger partial charge >= 0.3 is 0 Å². The zero-order valence-electron chi connectivity index (χ0n) is 10.3. The van der Waals surface area contributed by atoms with Crippen LogP contribution < -0.4 is 5.32 Å². The van der Waals surface area contributed by atoms with E-state index < -0.39 is 0 Å². The number of nitrogens with zero attached hydrogens (tertiary/aromatic N) is 1. The lowest BCUT2D eigenvalue weighted by Crippen LogP contribution is -2.10. The minimum absolute atomic E-state index is 0. The minimum atomic E-state index is 0. The van der Waals surface area contributed by atoms with E-state index in [2.05, 4.69) is 53.8 Å². The summed E-state index contributed by atoms with van der Waals surface area (Å²) in [7, 11) is 0. The van der Waals surface area contributed by atoms with Gasteiger partial charge in [-0.25, -0.2) is 0 Å². The summed E-state index contributed by atoms with van der Waals surface area (Å²) in [5.74, 6) is 0. The van der Waals surface area contributed by atoms with E-state index in [0.717, 1.165) is 5.69 Å². The van der Waals surface area contributed by atoms with E-state index in [9.17, 15) is 0 Å². The fourth-order valence-electron chi connectivity index (χ4n) is 2.13. The first-order valence-corrected chi connectivity index (χ1v) is 6.57. The van der Waals surface area contributed by atoms with Crippen LogP contribution in [0.2, 0.25) is 0 Å². The van der Waals surface area contributed by atoms with E-state index in [1.807, 2.05) is 6.34 Å². The Balaban J connectivity index is 0.00000120. The third-order valence-electron chi connectivity index (χ3n) is 3.27. The van der Waals surface area contributed by atoms with Gasteiger partial charge in [0.2, 0.25) is 0 Å². The van der Waals surface area contributed by atoms with Crippen molar-refractivity contribution < 1.29 is 0 Å². The lowest BCUT2D eigenvalue weighted by Gasteiger charge is -2.20. The van der Waals surface area contributed by atoms with Crippen LogP contribution in [0.4, 0.5) is 5.69 Å². The Morgan fingerprint density at radius 1 is 1.22 bits per heavy atom. The highest BCUT2D eigenvalue weighted by Crippen LogP contribution is 2.38. The van der Waals surface area contributed by atoms with E-state index in [0.29, 0.717) is 0 Å². The second-order valence-corrected chi connectivity index (χ2v) is 5.23. The van der Waals surface area contributed by atoms with Crippen LogP contribution in [0, 0.1) is 13.8 Å². The summed E-state index contributed by atoms with van der Waals surface area (Å²) in [4.78, 5) is 5.94. The summed E-state index contributed by atoms with van der Waals surface area (Å²) in [6.45, 7) is 4.34. The Morgan fingerprint density at radius 2 is 2.00 bits per heavy atom. The molecule has 0 bridgehead atoms. The zero-order valence-corrected chi connectivity index (χ0v) is 11.9. The molecule has 18 heavy (non-hydrogen) atoms. The number of halogens is 1. The van der Waals surface area contributed by atoms with Crippen LogP contribution in [-0.4, -0.2) is 6.34 Å². The average Bonchev–Trinajstić information content (AvgIpc) is 2.69. The molecule has 0 saturated heterocycles. The van der Waals surface area contributed by atoms with Gasteiger partial charge in [0.1, 0.15) is 6.04 Å². The molecule has 2 heterocycles. The van der Waals surface area contributed by atoms with Gasteiger partial charge in [0, 0.05) is 16.1 Å².